The van der Waals surface area contributed by atoms with Crippen LogP contribution in [0.1, 0.15) is 24.6 Å². The maximum Gasteiger partial charge on any atom is 0.229 e. The molecule has 1 aromatic heterocycles. The first-order valence-electron chi connectivity index (χ1n) is 5.88. The largest absolute Gasteiger partial charge is 0.390 e. The molecule has 2 heterocycles. The van der Waals surface area contributed by atoms with Gasteiger partial charge in [0.05, 0.1) is 25.2 Å². The fraction of sp³-hybridized carbons (Fsp3) is 0.818. The molecule has 0 bridgehead atoms. The van der Waals surface area contributed by atoms with Crippen LogP contribution in [0.4, 0.5) is 0 Å². The first-order valence-corrected chi connectivity index (χ1v) is 5.88. The third-order valence-corrected chi connectivity index (χ3v) is 2.71. The number of hydrogen-bond donors (Lipinski definition) is 1. The molecule has 0 aromatic carbocycles. The van der Waals surface area contributed by atoms with Gasteiger partial charge in [-0.05, 0) is 12.8 Å². The van der Waals surface area contributed by atoms with Crippen LogP contribution in [-0.2, 0) is 22.3 Å². The van der Waals surface area contributed by atoms with E-state index < -0.39 is 6.10 Å². The summed E-state index contributed by atoms with van der Waals surface area (Å²) in [7, 11) is 1.54. The first kappa shape index (κ1) is 12.5. The predicted octanol–water partition coefficient (Wildman–Crippen LogP) is 0.341. The minimum Gasteiger partial charge on any atom is -0.390 e. The molecule has 17 heavy (non-hydrogen) atoms. The number of aliphatic hydroxyl groups excluding tert-OH is 1. The molecule has 0 spiro atoms. The summed E-state index contributed by atoms with van der Waals surface area (Å²) in [6.07, 6.45) is 2.77. The summed E-state index contributed by atoms with van der Waals surface area (Å²) in [4.78, 5) is 4.22. The molecule has 1 aromatic rings. The van der Waals surface area contributed by atoms with Gasteiger partial charge in [0, 0.05) is 20.1 Å². The molecule has 2 unspecified atom stereocenters. The van der Waals surface area contributed by atoms with Crippen LogP contribution in [0, 0.1) is 0 Å². The molecule has 0 aliphatic carbocycles. The van der Waals surface area contributed by atoms with E-state index in [2.05, 4.69) is 10.1 Å². The highest BCUT2D eigenvalue weighted by Gasteiger charge is 2.19. The van der Waals surface area contributed by atoms with E-state index in [1.807, 2.05) is 0 Å². The van der Waals surface area contributed by atoms with E-state index in [-0.39, 0.29) is 12.7 Å². The second-order valence-electron chi connectivity index (χ2n) is 4.26. The molecule has 6 nitrogen and oxygen atoms in total. The topological polar surface area (TPSA) is 77.6 Å². The summed E-state index contributed by atoms with van der Waals surface area (Å²) in [6.45, 7) is 1.09. The van der Waals surface area contributed by atoms with Crippen molar-refractivity contribution in [3.63, 3.8) is 0 Å². The van der Waals surface area contributed by atoms with Crippen LogP contribution in [0.15, 0.2) is 4.52 Å². The van der Waals surface area contributed by atoms with Gasteiger partial charge in [-0.1, -0.05) is 5.16 Å². The van der Waals surface area contributed by atoms with Gasteiger partial charge in [0.15, 0.2) is 5.82 Å². The van der Waals surface area contributed by atoms with Crippen LogP contribution in [0.2, 0.25) is 0 Å². The van der Waals surface area contributed by atoms with Gasteiger partial charge >= 0.3 is 0 Å². The van der Waals surface area contributed by atoms with Gasteiger partial charge in [0.1, 0.15) is 0 Å². The molecule has 2 atom stereocenters. The Morgan fingerprint density at radius 2 is 2.47 bits per heavy atom. The molecular formula is C11H18N2O4. The first-order chi connectivity index (χ1) is 8.28. The maximum absolute atomic E-state index is 9.52. The summed E-state index contributed by atoms with van der Waals surface area (Å²) >= 11 is 0. The third-order valence-electron chi connectivity index (χ3n) is 2.71. The van der Waals surface area contributed by atoms with Gasteiger partial charge in [-0.25, -0.2) is 0 Å². The van der Waals surface area contributed by atoms with Crippen LogP contribution in [0.5, 0.6) is 0 Å². The van der Waals surface area contributed by atoms with Crippen molar-refractivity contribution in [2.45, 2.75) is 37.9 Å². The van der Waals surface area contributed by atoms with Gasteiger partial charge in [-0.3, -0.25) is 0 Å². The molecule has 6 heteroatoms. The van der Waals surface area contributed by atoms with Crippen molar-refractivity contribution >= 4 is 0 Å². The highest BCUT2D eigenvalue weighted by molar-refractivity contribution is 4.91. The zero-order valence-corrected chi connectivity index (χ0v) is 9.96. The van der Waals surface area contributed by atoms with E-state index in [1.165, 1.54) is 0 Å². The molecule has 1 aliphatic heterocycles. The molecule has 1 fully saturated rings. The number of nitrogens with zero attached hydrogens (tertiary/aromatic N) is 2. The lowest BCUT2D eigenvalue weighted by atomic mass is 10.2. The van der Waals surface area contributed by atoms with Crippen molar-refractivity contribution in [1.82, 2.24) is 10.1 Å². The molecule has 1 N–H and O–H groups in total. The zero-order chi connectivity index (χ0) is 12.1. The second-order valence-corrected chi connectivity index (χ2v) is 4.26. The van der Waals surface area contributed by atoms with Gasteiger partial charge in [0.25, 0.3) is 0 Å². The van der Waals surface area contributed by atoms with Crippen LogP contribution >= 0.6 is 0 Å². The van der Waals surface area contributed by atoms with Crippen molar-refractivity contribution in [1.29, 1.82) is 0 Å². The van der Waals surface area contributed by atoms with Crippen LogP contribution in [-0.4, -0.2) is 47.8 Å². The van der Waals surface area contributed by atoms with E-state index in [9.17, 15) is 5.11 Å². The number of ether oxygens (including phenoxy) is 2. The van der Waals surface area contributed by atoms with E-state index in [0.717, 1.165) is 19.4 Å². The van der Waals surface area contributed by atoms with E-state index in [4.69, 9.17) is 14.0 Å². The third kappa shape index (κ3) is 3.76. The summed E-state index contributed by atoms with van der Waals surface area (Å²) in [6, 6.07) is 0. The summed E-state index contributed by atoms with van der Waals surface area (Å²) in [5, 5.41) is 13.4. The van der Waals surface area contributed by atoms with Crippen molar-refractivity contribution in [2.24, 2.45) is 0 Å². The van der Waals surface area contributed by atoms with E-state index in [0.29, 0.717) is 24.6 Å². The quantitative estimate of drug-likeness (QED) is 0.775. The van der Waals surface area contributed by atoms with Crippen molar-refractivity contribution in [2.75, 3.05) is 20.3 Å². The fourth-order valence-corrected chi connectivity index (χ4v) is 1.92. The molecule has 96 valence electrons. The molecule has 0 amide bonds. The van der Waals surface area contributed by atoms with Gasteiger partial charge < -0.3 is 19.1 Å². The monoisotopic (exact) mass is 242 g/mol. The summed E-state index contributed by atoms with van der Waals surface area (Å²) < 4.78 is 15.4. The molecule has 0 saturated carbocycles. The highest BCUT2D eigenvalue weighted by Crippen LogP contribution is 2.15. The zero-order valence-electron chi connectivity index (χ0n) is 9.96. The molecular weight excluding hydrogens is 224 g/mol. The standard InChI is InChI=1S/C11H18N2O4/c1-15-7-8(14)5-11-12-10(13-17-11)6-9-3-2-4-16-9/h8-9,14H,2-7H2,1H3. The Morgan fingerprint density at radius 3 is 3.18 bits per heavy atom. The normalized spacial score (nSPS) is 21.9. The Kier molecular flexibility index (Phi) is 4.47. The second kappa shape index (κ2) is 6.09. The Labute approximate surface area is 99.9 Å². The van der Waals surface area contributed by atoms with Crippen molar-refractivity contribution in [3.05, 3.63) is 11.7 Å². The molecule has 1 saturated heterocycles. The number of aliphatic hydroxyl groups is 1. The summed E-state index contributed by atoms with van der Waals surface area (Å²) in [5.74, 6) is 1.10. The van der Waals surface area contributed by atoms with E-state index in [1.54, 1.807) is 7.11 Å². The lowest BCUT2D eigenvalue weighted by Crippen LogP contribution is -2.17. The lowest BCUT2D eigenvalue weighted by molar-refractivity contribution is 0.0599. The average Bonchev–Trinajstić information content (AvgIpc) is 2.91. The molecule has 1 aliphatic rings. The number of hydrogen-bond acceptors (Lipinski definition) is 6. The Hall–Kier alpha value is -0.980. The summed E-state index contributed by atoms with van der Waals surface area (Å²) in [5.41, 5.74) is 0. The van der Waals surface area contributed by atoms with Crippen molar-refractivity contribution in [3.8, 4) is 0 Å². The minimum atomic E-state index is -0.601. The number of rotatable bonds is 6. The van der Waals surface area contributed by atoms with Crippen molar-refractivity contribution < 1.29 is 19.1 Å². The fourth-order valence-electron chi connectivity index (χ4n) is 1.92. The Bertz CT molecular complexity index is 336. The van der Waals surface area contributed by atoms with Gasteiger partial charge in [-0.2, -0.15) is 4.98 Å². The number of aromatic nitrogens is 2. The average molecular weight is 242 g/mol. The number of methoxy groups -OCH3 is 1. The van der Waals surface area contributed by atoms with Crippen LogP contribution < -0.4 is 0 Å². The van der Waals surface area contributed by atoms with E-state index >= 15 is 0 Å². The molecule has 0 radical (unpaired) electrons. The lowest BCUT2D eigenvalue weighted by Gasteiger charge is -2.05. The SMILES string of the molecule is COCC(O)Cc1nc(CC2CCCO2)no1. The van der Waals surface area contributed by atoms with Gasteiger partial charge in [0.2, 0.25) is 5.89 Å². The molecule has 2 rings (SSSR count). The van der Waals surface area contributed by atoms with Crippen LogP contribution in [0.25, 0.3) is 0 Å². The maximum atomic E-state index is 9.52. The Balaban J connectivity index is 1.82. The minimum absolute atomic E-state index is 0.212. The Morgan fingerprint density at radius 1 is 1.59 bits per heavy atom. The highest BCUT2D eigenvalue weighted by atomic mass is 16.5. The van der Waals surface area contributed by atoms with Crippen LogP contribution in [0.3, 0.4) is 0 Å². The predicted molar refractivity (Wildman–Crippen MR) is 58.6 cm³/mol. The smallest absolute Gasteiger partial charge is 0.229 e. The van der Waals surface area contributed by atoms with Gasteiger partial charge in [-0.15, -0.1) is 0 Å².